The maximum atomic E-state index is 12.1. The lowest BCUT2D eigenvalue weighted by atomic mass is 10.1. The van der Waals surface area contributed by atoms with E-state index in [0.29, 0.717) is 31.0 Å². The lowest BCUT2D eigenvalue weighted by molar-refractivity contribution is -0.124. The van der Waals surface area contributed by atoms with Gasteiger partial charge in [0, 0.05) is 19.7 Å². The van der Waals surface area contributed by atoms with Gasteiger partial charge in [0.15, 0.2) is 0 Å². The number of nitrogens with zero attached hydrogens (tertiary/aromatic N) is 2. The predicted octanol–water partition coefficient (Wildman–Crippen LogP) is 0.611. The van der Waals surface area contributed by atoms with Crippen molar-refractivity contribution in [1.82, 2.24) is 14.9 Å². The Morgan fingerprint density at radius 1 is 1.60 bits per heavy atom. The Labute approximate surface area is 119 Å². The normalized spacial score (nSPS) is 18.5. The maximum Gasteiger partial charge on any atom is 0.271 e. The Bertz CT molecular complexity index is 673. The first-order valence-corrected chi connectivity index (χ1v) is 7.42. The van der Waals surface area contributed by atoms with E-state index in [0.717, 1.165) is 11.9 Å². The van der Waals surface area contributed by atoms with Gasteiger partial charge in [-0.1, -0.05) is 0 Å². The number of aromatic nitrogens is 2. The summed E-state index contributed by atoms with van der Waals surface area (Å²) < 4.78 is 7.36. The monoisotopic (exact) mass is 293 g/mol. The zero-order valence-electron chi connectivity index (χ0n) is 10.9. The molecule has 7 heteroatoms. The van der Waals surface area contributed by atoms with Crippen molar-refractivity contribution in [2.75, 3.05) is 19.8 Å². The van der Waals surface area contributed by atoms with E-state index in [1.165, 1.54) is 22.2 Å². The number of nitrogens with one attached hydrogen (secondary N) is 1. The molecule has 0 aromatic carbocycles. The zero-order valence-corrected chi connectivity index (χ0v) is 11.7. The number of rotatable bonds is 4. The minimum atomic E-state index is -0.0524. The largest absolute Gasteiger partial charge is 0.381 e. The van der Waals surface area contributed by atoms with Gasteiger partial charge in [-0.15, -0.1) is 11.3 Å². The quantitative estimate of drug-likeness (QED) is 0.896. The Hall–Kier alpha value is -1.73. The highest BCUT2D eigenvalue weighted by Crippen LogP contribution is 2.13. The highest BCUT2D eigenvalue weighted by Gasteiger charge is 2.22. The van der Waals surface area contributed by atoms with Gasteiger partial charge in [-0.3, -0.25) is 14.2 Å². The Morgan fingerprint density at radius 3 is 3.30 bits per heavy atom. The molecule has 1 atom stereocenters. The summed E-state index contributed by atoms with van der Waals surface area (Å²) >= 11 is 1.39. The van der Waals surface area contributed by atoms with Gasteiger partial charge < -0.3 is 10.1 Å². The van der Waals surface area contributed by atoms with Crippen LogP contribution in [0.2, 0.25) is 0 Å². The van der Waals surface area contributed by atoms with E-state index < -0.39 is 0 Å². The highest BCUT2D eigenvalue weighted by atomic mass is 32.1. The van der Waals surface area contributed by atoms with Crippen LogP contribution < -0.4 is 10.9 Å². The molecule has 0 bridgehead atoms. The number of carbonyl (C=O) groups is 1. The van der Waals surface area contributed by atoms with Crippen molar-refractivity contribution < 1.29 is 9.53 Å². The van der Waals surface area contributed by atoms with Crippen LogP contribution in [0.4, 0.5) is 0 Å². The second kappa shape index (κ2) is 5.72. The molecule has 2 aromatic rings. The molecule has 1 aliphatic rings. The summed E-state index contributed by atoms with van der Waals surface area (Å²) in [6.45, 7) is 2.00. The first kappa shape index (κ1) is 13.3. The SMILES string of the molecule is O=C(NCCn1cnc2ccsc2c1=O)C1CCOC1. The molecule has 2 aromatic heterocycles. The van der Waals surface area contributed by atoms with Gasteiger partial charge in [0.05, 0.1) is 24.4 Å². The molecule has 6 nitrogen and oxygen atoms in total. The first-order chi connectivity index (χ1) is 9.75. The summed E-state index contributed by atoms with van der Waals surface area (Å²) in [4.78, 5) is 28.1. The molecule has 0 radical (unpaired) electrons. The van der Waals surface area contributed by atoms with Crippen molar-refractivity contribution >= 4 is 27.5 Å². The van der Waals surface area contributed by atoms with Gasteiger partial charge in [0.25, 0.3) is 5.56 Å². The Kier molecular flexibility index (Phi) is 3.79. The van der Waals surface area contributed by atoms with E-state index in [4.69, 9.17) is 4.74 Å². The van der Waals surface area contributed by atoms with E-state index in [2.05, 4.69) is 10.3 Å². The van der Waals surface area contributed by atoms with Gasteiger partial charge in [-0.05, 0) is 17.9 Å². The van der Waals surface area contributed by atoms with Crippen molar-refractivity contribution in [3.8, 4) is 0 Å². The molecule has 1 aliphatic heterocycles. The van der Waals surface area contributed by atoms with Gasteiger partial charge in [0.1, 0.15) is 4.70 Å². The third kappa shape index (κ3) is 2.59. The summed E-state index contributed by atoms with van der Waals surface area (Å²) in [5.74, 6) is -0.0506. The van der Waals surface area contributed by atoms with Crippen LogP contribution in [0, 0.1) is 5.92 Å². The van der Waals surface area contributed by atoms with E-state index in [1.54, 1.807) is 0 Å². The average molecular weight is 293 g/mol. The molecular weight excluding hydrogens is 278 g/mol. The van der Waals surface area contributed by atoms with E-state index in [1.807, 2.05) is 11.4 Å². The van der Waals surface area contributed by atoms with Gasteiger partial charge in [-0.2, -0.15) is 0 Å². The summed E-state index contributed by atoms with van der Waals surface area (Å²) in [7, 11) is 0. The molecule has 0 aliphatic carbocycles. The van der Waals surface area contributed by atoms with Crippen LogP contribution in [-0.4, -0.2) is 35.2 Å². The van der Waals surface area contributed by atoms with Gasteiger partial charge >= 0.3 is 0 Å². The van der Waals surface area contributed by atoms with Crippen LogP contribution in [0.5, 0.6) is 0 Å². The molecule has 1 fully saturated rings. The average Bonchev–Trinajstić information content (AvgIpc) is 3.11. The van der Waals surface area contributed by atoms with Crippen molar-refractivity contribution in [3.05, 3.63) is 28.1 Å². The number of hydrogen-bond donors (Lipinski definition) is 1. The number of amides is 1. The topological polar surface area (TPSA) is 73.2 Å². The number of ether oxygens (including phenoxy) is 1. The van der Waals surface area contributed by atoms with Crippen LogP contribution in [0.1, 0.15) is 6.42 Å². The molecular formula is C13H15N3O3S. The summed E-state index contributed by atoms with van der Waals surface area (Å²) in [6.07, 6.45) is 2.30. The van der Waals surface area contributed by atoms with Crippen molar-refractivity contribution in [2.24, 2.45) is 5.92 Å². The van der Waals surface area contributed by atoms with Crippen LogP contribution in [0.15, 0.2) is 22.6 Å². The summed E-state index contributed by atoms with van der Waals surface area (Å²) in [5.41, 5.74) is 0.673. The Morgan fingerprint density at radius 2 is 2.50 bits per heavy atom. The van der Waals surface area contributed by atoms with Crippen molar-refractivity contribution in [3.63, 3.8) is 0 Å². The fourth-order valence-electron chi connectivity index (χ4n) is 2.22. The molecule has 0 saturated carbocycles. The molecule has 1 saturated heterocycles. The second-order valence-electron chi connectivity index (χ2n) is 4.73. The lowest BCUT2D eigenvalue weighted by Gasteiger charge is -2.10. The van der Waals surface area contributed by atoms with Crippen molar-refractivity contribution in [1.29, 1.82) is 0 Å². The van der Waals surface area contributed by atoms with Gasteiger partial charge in [0.2, 0.25) is 5.91 Å². The summed E-state index contributed by atoms with van der Waals surface area (Å²) in [5, 5.41) is 4.69. The number of carbonyl (C=O) groups excluding carboxylic acids is 1. The van der Waals surface area contributed by atoms with Crippen LogP contribution in [0.25, 0.3) is 10.2 Å². The molecule has 3 rings (SSSR count). The van der Waals surface area contributed by atoms with Crippen LogP contribution >= 0.6 is 11.3 Å². The second-order valence-corrected chi connectivity index (χ2v) is 5.65. The maximum absolute atomic E-state index is 12.1. The highest BCUT2D eigenvalue weighted by molar-refractivity contribution is 7.17. The smallest absolute Gasteiger partial charge is 0.271 e. The number of hydrogen-bond acceptors (Lipinski definition) is 5. The molecule has 3 heterocycles. The first-order valence-electron chi connectivity index (χ1n) is 6.54. The number of fused-ring (bicyclic) bond motifs is 1. The standard InChI is InChI=1S/C13H15N3O3S/c17-12(9-1-5-19-7-9)14-3-4-16-8-15-10-2-6-20-11(10)13(16)18/h2,6,8-9H,1,3-5,7H2,(H,14,17). The third-order valence-corrected chi connectivity index (χ3v) is 4.28. The zero-order chi connectivity index (χ0) is 13.9. The molecule has 1 amide bonds. The molecule has 20 heavy (non-hydrogen) atoms. The fourth-order valence-corrected chi connectivity index (χ4v) is 3.02. The summed E-state index contributed by atoms with van der Waals surface area (Å²) in [6, 6.07) is 1.83. The van der Waals surface area contributed by atoms with E-state index in [9.17, 15) is 9.59 Å². The predicted molar refractivity (Wildman–Crippen MR) is 75.8 cm³/mol. The number of thiophene rings is 1. The van der Waals surface area contributed by atoms with Crippen molar-refractivity contribution in [2.45, 2.75) is 13.0 Å². The molecule has 106 valence electrons. The lowest BCUT2D eigenvalue weighted by Crippen LogP contribution is -2.35. The minimum absolute atomic E-state index is 0.000657. The molecule has 1 N–H and O–H groups in total. The molecule has 0 spiro atoms. The van der Waals surface area contributed by atoms with E-state index >= 15 is 0 Å². The third-order valence-electron chi connectivity index (χ3n) is 3.39. The Balaban J connectivity index is 1.61. The minimum Gasteiger partial charge on any atom is -0.381 e. The fraction of sp³-hybridized carbons (Fsp3) is 0.462. The van der Waals surface area contributed by atoms with E-state index in [-0.39, 0.29) is 17.4 Å². The van der Waals surface area contributed by atoms with Gasteiger partial charge in [-0.25, -0.2) is 4.98 Å². The van der Waals surface area contributed by atoms with Crippen LogP contribution in [0.3, 0.4) is 0 Å². The molecule has 1 unspecified atom stereocenters. The van der Waals surface area contributed by atoms with Crippen LogP contribution in [-0.2, 0) is 16.1 Å².